The number of rotatable bonds is 3. The van der Waals surface area contributed by atoms with E-state index in [1.807, 2.05) is 11.8 Å². The van der Waals surface area contributed by atoms with Crippen molar-refractivity contribution in [2.45, 2.75) is 12.5 Å². The van der Waals surface area contributed by atoms with Crippen molar-refractivity contribution in [3.05, 3.63) is 12.4 Å². The van der Waals surface area contributed by atoms with Crippen LogP contribution in [0.15, 0.2) is 12.4 Å². The molecular formula is C9H13N3OS. The second-order valence-corrected chi connectivity index (χ2v) is 4.30. The maximum absolute atomic E-state index is 4.98. The lowest BCUT2D eigenvalue weighted by Gasteiger charge is -2.10. The van der Waals surface area contributed by atoms with Gasteiger partial charge >= 0.3 is 0 Å². The van der Waals surface area contributed by atoms with Crippen LogP contribution in [0.5, 0.6) is 5.75 Å². The van der Waals surface area contributed by atoms with Gasteiger partial charge in [0.25, 0.3) is 0 Å². The van der Waals surface area contributed by atoms with Gasteiger partial charge in [-0.2, -0.15) is 11.8 Å². The van der Waals surface area contributed by atoms with E-state index >= 15 is 0 Å². The molecule has 0 radical (unpaired) electrons. The number of ether oxygens (including phenoxy) is 1. The normalized spacial score (nSPS) is 20.8. The molecule has 1 aliphatic heterocycles. The van der Waals surface area contributed by atoms with Crippen LogP contribution in [-0.2, 0) is 0 Å². The molecule has 14 heavy (non-hydrogen) atoms. The highest BCUT2D eigenvalue weighted by Gasteiger charge is 2.15. The minimum absolute atomic E-state index is 0.522. The summed E-state index contributed by atoms with van der Waals surface area (Å²) in [5.74, 6) is 3.76. The summed E-state index contributed by atoms with van der Waals surface area (Å²) in [5.41, 5.74) is 0. The van der Waals surface area contributed by atoms with Gasteiger partial charge in [-0.1, -0.05) is 0 Å². The zero-order valence-corrected chi connectivity index (χ0v) is 8.88. The molecule has 2 rings (SSSR count). The van der Waals surface area contributed by atoms with E-state index in [4.69, 9.17) is 4.74 Å². The molecule has 1 N–H and O–H groups in total. The Morgan fingerprint density at radius 1 is 1.50 bits per heavy atom. The summed E-state index contributed by atoms with van der Waals surface area (Å²) in [4.78, 5) is 8.31. The average Bonchev–Trinajstić information content (AvgIpc) is 2.72. The molecule has 1 aromatic rings. The van der Waals surface area contributed by atoms with Crippen LogP contribution in [0.3, 0.4) is 0 Å². The molecule has 4 nitrogen and oxygen atoms in total. The van der Waals surface area contributed by atoms with Crippen LogP contribution in [0.25, 0.3) is 0 Å². The van der Waals surface area contributed by atoms with Crippen LogP contribution in [0.2, 0.25) is 0 Å². The van der Waals surface area contributed by atoms with Crippen molar-refractivity contribution in [3.63, 3.8) is 0 Å². The summed E-state index contributed by atoms with van der Waals surface area (Å²) >= 11 is 1.97. The fourth-order valence-electron chi connectivity index (χ4n) is 1.33. The number of nitrogens with zero attached hydrogens (tertiary/aromatic N) is 2. The molecule has 0 saturated carbocycles. The topological polar surface area (TPSA) is 47.0 Å². The number of nitrogens with one attached hydrogen (secondary N) is 1. The van der Waals surface area contributed by atoms with E-state index in [2.05, 4.69) is 15.3 Å². The van der Waals surface area contributed by atoms with Crippen molar-refractivity contribution in [1.29, 1.82) is 0 Å². The SMILES string of the molecule is COc1cnc(NC2CCSC2)nc1. The molecular weight excluding hydrogens is 198 g/mol. The summed E-state index contributed by atoms with van der Waals surface area (Å²) < 4.78 is 4.98. The van der Waals surface area contributed by atoms with E-state index in [0.717, 1.165) is 5.75 Å². The van der Waals surface area contributed by atoms with Crippen molar-refractivity contribution in [2.24, 2.45) is 0 Å². The van der Waals surface area contributed by atoms with Crippen LogP contribution in [0.1, 0.15) is 6.42 Å². The molecule has 2 heterocycles. The predicted octanol–water partition coefficient (Wildman–Crippen LogP) is 1.40. The van der Waals surface area contributed by atoms with Gasteiger partial charge in [0.1, 0.15) is 0 Å². The molecule has 0 aliphatic carbocycles. The van der Waals surface area contributed by atoms with Gasteiger partial charge in [-0.3, -0.25) is 0 Å². The number of thioether (sulfide) groups is 1. The minimum Gasteiger partial charge on any atom is -0.494 e. The number of anilines is 1. The highest BCUT2D eigenvalue weighted by atomic mass is 32.2. The minimum atomic E-state index is 0.522. The zero-order valence-electron chi connectivity index (χ0n) is 8.06. The predicted molar refractivity (Wildman–Crippen MR) is 57.9 cm³/mol. The first-order valence-electron chi connectivity index (χ1n) is 4.59. The summed E-state index contributed by atoms with van der Waals surface area (Å²) in [6, 6.07) is 0.522. The van der Waals surface area contributed by atoms with E-state index in [1.54, 1.807) is 19.5 Å². The number of hydrogen-bond donors (Lipinski definition) is 1. The summed E-state index contributed by atoms with van der Waals surface area (Å²) in [6.45, 7) is 0. The van der Waals surface area contributed by atoms with Gasteiger partial charge in [0.15, 0.2) is 5.75 Å². The molecule has 0 aromatic carbocycles. The third-order valence-corrected chi connectivity index (χ3v) is 3.29. The Morgan fingerprint density at radius 3 is 2.86 bits per heavy atom. The van der Waals surface area contributed by atoms with E-state index in [1.165, 1.54) is 12.2 Å². The molecule has 1 aliphatic rings. The second kappa shape index (κ2) is 4.50. The largest absolute Gasteiger partial charge is 0.494 e. The monoisotopic (exact) mass is 211 g/mol. The van der Waals surface area contributed by atoms with Crippen molar-refractivity contribution >= 4 is 17.7 Å². The Kier molecular flexibility index (Phi) is 3.08. The van der Waals surface area contributed by atoms with Crippen LogP contribution < -0.4 is 10.1 Å². The quantitative estimate of drug-likeness (QED) is 0.819. The molecule has 1 saturated heterocycles. The highest BCUT2D eigenvalue weighted by molar-refractivity contribution is 7.99. The third-order valence-electron chi connectivity index (χ3n) is 2.13. The summed E-state index contributed by atoms with van der Waals surface area (Å²) in [6.07, 6.45) is 4.55. The Hall–Kier alpha value is -0.970. The Bertz CT molecular complexity index is 285. The first-order chi connectivity index (χ1) is 6.88. The van der Waals surface area contributed by atoms with Crippen LogP contribution >= 0.6 is 11.8 Å². The smallest absolute Gasteiger partial charge is 0.223 e. The number of methoxy groups -OCH3 is 1. The number of aromatic nitrogens is 2. The van der Waals surface area contributed by atoms with Crippen LogP contribution in [0.4, 0.5) is 5.95 Å². The van der Waals surface area contributed by atoms with Gasteiger partial charge in [0.05, 0.1) is 19.5 Å². The van der Waals surface area contributed by atoms with Crippen molar-refractivity contribution in [2.75, 3.05) is 23.9 Å². The molecule has 76 valence electrons. The van der Waals surface area contributed by atoms with Crippen molar-refractivity contribution in [3.8, 4) is 5.75 Å². The fourth-order valence-corrected chi connectivity index (χ4v) is 2.48. The second-order valence-electron chi connectivity index (χ2n) is 3.15. The molecule has 0 spiro atoms. The van der Waals surface area contributed by atoms with Gasteiger partial charge in [0.2, 0.25) is 5.95 Å². The van der Waals surface area contributed by atoms with Crippen molar-refractivity contribution in [1.82, 2.24) is 9.97 Å². The Balaban J connectivity index is 1.95. The number of hydrogen-bond acceptors (Lipinski definition) is 5. The summed E-state index contributed by atoms with van der Waals surface area (Å²) in [5, 5.41) is 3.29. The molecule has 1 atom stereocenters. The Labute approximate surface area is 87.5 Å². The molecule has 5 heteroatoms. The lowest BCUT2D eigenvalue weighted by atomic mass is 10.3. The van der Waals surface area contributed by atoms with Gasteiger partial charge in [-0.05, 0) is 12.2 Å². The zero-order chi connectivity index (χ0) is 9.80. The third kappa shape index (κ3) is 2.29. The average molecular weight is 211 g/mol. The molecule has 1 unspecified atom stereocenters. The first-order valence-corrected chi connectivity index (χ1v) is 5.74. The standard InChI is InChI=1S/C9H13N3OS/c1-13-8-4-10-9(11-5-8)12-7-2-3-14-6-7/h4-5,7H,2-3,6H2,1H3,(H,10,11,12). The van der Waals surface area contributed by atoms with Gasteiger partial charge < -0.3 is 10.1 Å². The molecule has 0 amide bonds. The maximum atomic E-state index is 4.98. The van der Waals surface area contributed by atoms with Gasteiger partial charge in [-0.15, -0.1) is 0 Å². The molecule has 1 fully saturated rings. The van der Waals surface area contributed by atoms with Crippen molar-refractivity contribution < 1.29 is 4.74 Å². The van der Waals surface area contributed by atoms with Crippen LogP contribution in [-0.4, -0.2) is 34.6 Å². The highest BCUT2D eigenvalue weighted by Crippen LogP contribution is 2.20. The molecule has 1 aromatic heterocycles. The van der Waals surface area contributed by atoms with E-state index in [0.29, 0.717) is 17.7 Å². The lowest BCUT2D eigenvalue weighted by Crippen LogP contribution is -2.19. The maximum Gasteiger partial charge on any atom is 0.223 e. The van der Waals surface area contributed by atoms with Gasteiger partial charge in [-0.25, -0.2) is 9.97 Å². The lowest BCUT2D eigenvalue weighted by molar-refractivity contribution is 0.411. The first kappa shape index (κ1) is 9.58. The van der Waals surface area contributed by atoms with Gasteiger partial charge in [0, 0.05) is 11.8 Å². The Morgan fingerprint density at radius 2 is 2.29 bits per heavy atom. The van der Waals surface area contributed by atoms with E-state index < -0.39 is 0 Å². The summed E-state index contributed by atoms with van der Waals surface area (Å²) in [7, 11) is 1.61. The van der Waals surface area contributed by atoms with Crippen LogP contribution in [0, 0.1) is 0 Å². The van der Waals surface area contributed by atoms with E-state index in [9.17, 15) is 0 Å². The molecule has 0 bridgehead atoms. The van der Waals surface area contributed by atoms with E-state index in [-0.39, 0.29) is 0 Å². The fraction of sp³-hybridized carbons (Fsp3) is 0.556.